The van der Waals surface area contributed by atoms with E-state index in [1.165, 1.54) is 6.07 Å². The van der Waals surface area contributed by atoms with Crippen molar-refractivity contribution in [3.8, 4) is 22.8 Å². The van der Waals surface area contributed by atoms with Crippen molar-refractivity contribution in [2.75, 3.05) is 11.3 Å². The van der Waals surface area contributed by atoms with Crippen molar-refractivity contribution >= 4 is 26.5 Å². The summed E-state index contributed by atoms with van der Waals surface area (Å²) in [5.74, 6) is 0.931. The van der Waals surface area contributed by atoms with Gasteiger partial charge in [-0.3, -0.25) is 4.72 Å². The van der Waals surface area contributed by atoms with Gasteiger partial charge in [0.05, 0.1) is 18.0 Å². The highest BCUT2D eigenvalue weighted by Crippen LogP contribution is 2.34. The maximum Gasteiger partial charge on any atom is 0.263 e. The second kappa shape index (κ2) is 7.24. The fraction of sp³-hybridized carbons (Fsp3) is 0.130. The lowest BCUT2D eigenvalue weighted by Crippen LogP contribution is -2.15. The second-order valence-electron chi connectivity index (χ2n) is 7.38. The molecule has 2 N–H and O–H groups in total. The maximum absolute atomic E-state index is 13.2. The maximum atomic E-state index is 13.2. The molecule has 0 amide bonds. The van der Waals surface area contributed by atoms with E-state index in [0.717, 1.165) is 23.1 Å². The zero-order valence-electron chi connectivity index (χ0n) is 16.7. The summed E-state index contributed by atoms with van der Waals surface area (Å²) in [6.45, 7) is 2.21. The Morgan fingerprint density at radius 1 is 1.00 bits per heavy atom. The number of anilines is 1. The molecule has 0 atom stereocenters. The van der Waals surface area contributed by atoms with Crippen LogP contribution in [0.15, 0.2) is 65.6 Å². The average Bonchev–Trinajstić information content (AvgIpc) is 3.22. The number of hydrogen-bond donors (Lipinski definition) is 2. The number of nitrogens with zero attached hydrogens (tertiary/aromatic N) is 2. The first-order valence-electron chi connectivity index (χ1n) is 9.76. The summed E-state index contributed by atoms with van der Waals surface area (Å²) in [7, 11) is -3.90. The molecule has 3 aromatic carbocycles. The molecule has 2 heterocycles. The zero-order chi connectivity index (χ0) is 21.6. The van der Waals surface area contributed by atoms with E-state index in [0.29, 0.717) is 34.6 Å². The van der Waals surface area contributed by atoms with Gasteiger partial charge in [-0.25, -0.2) is 8.42 Å². The van der Waals surface area contributed by atoms with Crippen molar-refractivity contribution in [2.45, 2.75) is 18.2 Å². The highest BCUT2D eigenvalue weighted by atomic mass is 32.2. The molecule has 1 aliphatic heterocycles. The van der Waals surface area contributed by atoms with Crippen LogP contribution in [0.25, 0.3) is 22.0 Å². The molecule has 1 aliphatic rings. The van der Waals surface area contributed by atoms with Gasteiger partial charge in [0.25, 0.3) is 10.0 Å². The number of rotatable bonds is 4. The van der Waals surface area contributed by atoms with Crippen LogP contribution in [0.4, 0.5) is 5.69 Å². The van der Waals surface area contributed by atoms with Gasteiger partial charge in [-0.05, 0) is 54.3 Å². The quantitative estimate of drug-likeness (QED) is 0.504. The second-order valence-corrected chi connectivity index (χ2v) is 9.03. The van der Waals surface area contributed by atoms with E-state index in [1.807, 2.05) is 18.2 Å². The molecule has 0 unspecified atom stereocenters. The van der Waals surface area contributed by atoms with E-state index in [1.54, 1.807) is 43.3 Å². The molecule has 0 radical (unpaired) electrons. The number of fused-ring (bicyclic) bond motifs is 2. The number of ether oxygens (including phenoxy) is 1. The SMILES string of the molecule is Cc1nnc(-c2ccc(O)c3ccccc23)cc1S(=O)(=O)Nc1ccc2c(c1)CCO2. The number of phenolic OH excluding ortho intramolecular Hbond substituents is 1. The molecular formula is C23H19N3O4S. The van der Waals surface area contributed by atoms with E-state index in [2.05, 4.69) is 14.9 Å². The number of aryl methyl sites for hydroxylation is 1. The van der Waals surface area contributed by atoms with Crippen LogP contribution in [-0.4, -0.2) is 30.3 Å². The number of nitrogens with one attached hydrogen (secondary N) is 1. The predicted octanol–water partition coefficient (Wildman–Crippen LogP) is 4.05. The monoisotopic (exact) mass is 433 g/mol. The van der Waals surface area contributed by atoms with Gasteiger partial charge in [-0.2, -0.15) is 10.2 Å². The molecule has 5 rings (SSSR count). The number of phenols is 1. The van der Waals surface area contributed by atoms with Crippen LogP contribution in [0.1, 0.15) is 11.3 Å². The standard InChI is InChI=1S/C23H19N3O4S/c1-14-23(31(28,29)26-16-6-9-22-15(12-16)10-11-30-22)13-20(25-24-14)18-7-8-21(27)19-5-3-2-4-17(18)19/h2-9,12-13,26-27H,10-11H2,1H3. The normalized spacial score (nSPS) is 13.1. The van der Waals surface area contributed by atoms with Gasteiger partial charge in [-0.15, -0.1) is 0 Å². The molecule has 31 heavy (non-hydrogen) atoms. The van der Waals surface area contributed by atoms with Crippen LogP contribution in [-0.2, 0) is 16.4 Å². The van der Waals surface area contributed by atoms with Crippen LogP contribution >= 0.6 is 0 Å². The first-order chi connectivity index (χ1) is 14.9. The first-order valence-corrected chi connectivity index (χ1v) is 11.2. The molecule has 4 aromatic rings. The third-order valence-electron chi connectivity index (χ3n) is 5.34. The Balaban J connectivity index is 1.57. The molecule has 156 valence electrons. The van der Waals surface area contributed by atoms with Crippen LogP contribution < -0.4 is 9.46 Å². The van der Waals surface area contributed by atoms with E-state index in [-0.39, 0.29) is 10.6 Å². The lowest BCUT2D eigenvalue weighted by molar-refractivity contribution is 0.357. The Morgan fingerprint density at radius 3 is 2.65 bits per heavy atom. The Morgan fingerprint density at radius 2 is 1.81 bits per heavy atom. The number of aromatic nitrogens is 2. The lowest BCUT2D eigenvalue weighted by atomic mass is 10.0. The van der Waals surface area contributed by atoms with Crippen molar-refractivity contribution < 1.29 is 18.3 Å². The molecular weight excluding hydrogens is 414 g/mol. The van der Waals surface area contributed by atoms with Crippen LogP contribution in [0, 0.1) is 6.92 Å². The summed E-state index contributed by atoms with van der Waals surface area (Å²) in [5.41, 5.74) is 2.83. The van der Waals surface area contributed by atoms with Crippen molar-refractivity contribution in [2.24, 2.45) is 0 Å². The van der Waals surface area contributed by atoms with Crippen molar-refractivity contribution in [1.29, 1.82) is 0 Å². The van der Waals surface area contributed by atoms with Gasteiger partial charge < -0.3 is 9.84 Å². The van der Waals surface area contributed by atoms with Crippen LogP contribution in [0.2, 0.25) is 0 Å². The van der Waals surface area contributed by atoms with E-state index >= 15 is 0 Å². The summed E-state index contributed by atoms with van der Waals surface area (Å²) in [5, 5.41) is 19.9. The fourth-order valence-corrected chi connectivity index (χ4v) is 5.05. The molecule has 1 aromatic heterocycles. The molecule has 7 nitrogen and oxygen atoms in total. The van der Waals surface area contributed by atoms with Gasteiger partial charge >= 0.3 is 0 Å². The van der Waals surface area contributed by atoms with Crippen molar-refractivity contribution in [1.82, 2.24) is 10.2 Å². The van der Waals surface area contributed by atoms with E-state index < -0.39 is 10.0 Å². The summed E-state index contributed by atoms with van der Waals surface area (Å²) < 4.78 is 34.5. The molecule has 0 saturated heterocycles. The number of sulfonamides is 1. The average molecular weight is 433 g/mol. The highest BCUT2D eigenvalue weighted by molar-refractivity contribution is 7.92. The van der Waals surface area contributed by atoms with Gasteiger partial charge in [0.1, 0.15) is 16.4 Å². The molecule has 0 fully saturated rings. The summed E-state index contributed by atoms with van der Waals surface area (Å²) >= 11 is 0. The van der Waals surface area contributed by atoms with E-state index in [4.69, 9.17) is 4.74 Å². The summed E-state index contributed by atoms with van der Waals surface area (Å²) in [4.78, 5) is 0.0476. The largest absolute Gasteiger partial charge is 0.507 e. The minimum absolute atomic E-state index is 0.0476. The Bertz CT molecular complexity index is 1430. The van der Waals surface area contributed by atoms with Crippen molar-refractivity contribution in [3.63, 3.8) is 0 Å². The third-order valence-corrected chi connectivity index (χ3v) is 6.84. The Labute approximate surface area is 179 Å². The highest BCUT2D eigenvalue weighted by Gasteiger charge is 2.22. The molecule has 0 saturated carbocycles. The van der Waals surface area contributed by atoms with E-state index in [9.17, 15) is 13.5 Å². The topological polar surface area (TPSA) is 101 Å². The minimum Gasteiger partial charge on any atom is -0.507 e. The van der Waals surface area contributed by atoms with Gasteiger partial charge in [0, 0.05) is 23.1 Å². The minimum atomic E-state index is -3.90. The predicted molar refractivity (Wildman–Crippen MR) is 118 cm³/mol. The molecule has 8 heteroatoms. The van der Waals surface area contributed by atoms with Crippen LogP contribution in [0.5, 0.6) is 11.5 Å². The molecule has 0 bridgehead atoms. The van der Waals surface area contributed by atoms with Gasteiger partial charge in [-0.1, -0.05) is 24.3 Å². The van der Waals surface area contributed by atoms with Crippen molar-refractivity contribution in [3.05, 3.63) is 71.9 Å². The first kappa shape index (κ1) is 19.3. The summed E-state index contributed by atoms with van der Waals surface area (Å²) in [6.07, 6.45) is 0.749. The number of aromatic hydroxyl groups is 1. The molecule has 0 aliphatic carbocycles. The smallest absolute Gasteiger partial charge is 0.263 e. The summed E-state index contributed by atoms with van der Waals surface area (Å²) in [6, 6.07) is 17.4. The zero-order valence-corrected chi connectivity index (χ0v) is 17.5. The van der Waals surface area contributed by atoms with Crippen LogP contribution in [0.3, 0.4) is 0 Å². The number of benzene rings is 3. The van der Waals surface area contributed by atoms with Gasteiger partial charge in [0.15, 0.2) is 0 Å². The van der Waals surface area contributed by atoms with Gasteiger partial charge in [0.2, 0.25) is 0 Å². The number of hydrogen-bond acceptors (Lipinski definition) is 6. The molecule has 0 spiro atoms. The third kappa shape index (κ3) is 3.44. The lowest BCUT2D eigenvalue weighted by Gasteiger charge is -2.13. The Hall–Kier alpha value is -3.65. The Kier molecular flexibility index (Phi) is 4.51. The fourth-order valence-electron chi connectivity index (χ4n) is 3.81.